The third kappa shape index (κ3) is 6.13. The highest BCUT2D eigenvalue weighted by atomic mass is 32.2. The summed E-state index contributed by atoms with van der Waals surface area (Å²) in [4.78, 5) is 26.0. The van der Waals surface area contributed by atoms with E-state index in [2.05, 4.69) is 10.6 Å². The lowest BCUT2D eigenvalue weighted by Crippen LogP contribution is -3.14. The molecule has 3 N–H and O–H groups in total. The van der Waals surface area contributed by atoms with Gasteiger partial charge in [0.05, 0.1) is 18.0 Å². The average molecular weight is 417 g/mol. The van der Waals surface area contributed by atoms with Crippen molar-refractivity contribution in [2.45, 2.75) is 17.7 Å². The largest absolute Gasteiger partial charge is 0.327 e. The van der Waals surface area contributed by atoms with Gasteiger partial charge in [0.2, 0.25) is 5.91 Å². The monoisotopic (exact) mass is 416 g/mol. The maximum atomic E-state index is 12.4. The number of para-hydroxylation sites is 1. The van der Waals surface area contributed by atoms with Crippen LogP contribution < -0.4 is 15.5 Å². The molecule has 1 heterocycles. The quantitative estimate of drug-likeness (QED) is 0.654. The summed E-state index contributed by atoms with van der Waals surface area (Å²) in [6.45, 7) is 1.77. The van der Waals surface area contributed by atoms with Crippen molar-refractivity contribution in [3.8, 4) is 0 Å². The van der Waals surface area contributed by atoms with Crippen LogP contribution in [-0.2, 0) is 19.4 Å². The topological polar surface area (TPSA) is 96.8 Å². The summed E-state index contributed by atoms with van der Waals surface area (Å²) in [6.07, 6.45) is 2.59. The highest BCUT2D eigenvalue weighted by Gasteiger charge is 2.28. The standard InChI is InChI=1S/C21H25N3O4S/c1-29(27,28)19-9-5-8-18(14-19)22-20(25)15-24-12-10-16(11-13-24)21(26)23-17-6-3-2-4-7-17/h2-9,14,16H,10-13,15H2,1H3,(H,22,25)(H,23,26)/p+1. The van der Waals surface area contributed by atoms with Gasteiger partial charge in [-0.05, 0) is 30.3 Å². The van der Waals surface area contributed by atoms with E-state index in [1.807, 2.05) is 30.3 Å². The highest BCUT2D eigenvalue weighted by molar-refractivity contribution is 7.90. The number of hydrogen-bond donors (Lipinski definition) is 3. The van der Waals surface area contributed by atoms with E-state index in [0.717, 1.165) is 42.8 Å². The molecule has 3 rings (SSSR count). The number of hydrogen-bond acceptors (Lipinski definition) is 4. The van der Waals surface area contributed by atoms with Gasteiger partial charge in [0.1, 0.15) is 0 Å². The number of nitrogens with one attached hydrogen (secondary N) is 3. The Hall–Kier alpha value is -2.71. The Balaban J connectivity index is 1.47. The van der Waals surface area contributed by atoms with Crippen LogP contribution in [0.3, 0.4) is 0 Å². The molecule has 0 radical (unpaired) electrons. The number of anilines is 2. The lowest BCUT2D eigenvalue weighted by molar-refractivity contribution is -0.897. The van der Waals surface area contributed by atoms with Gasteiger partial charge in [-0.3, -0.25) is 9.59 Å². The smallest absolute Gasteiger partial charge is 0.279 e. The van der Waals surface area contributed by atoms with Gasteiger partial charge in [-0.25, -0.2) is 8.42 Å². The first-order valence-corrected chi connectivity index (χ1v) is 11.5. The van der Waals surface area contributed by atoms with Crippen LogP contribution in [0.2, 0.25) is 0 Å². The Morgan fingerprint density at radius 3 is 2.28 bits per heavy atom. The molecule has 0 aliphatic carbocycles. The number of carbonyl (C=O) groups is 2. The Labute approximate surface area is 171 Å². The van der Waals surface area contributed by atoms with E-state index in [-0.39, 0.29) is 29.2 Å². The zero-order chi connectivity index (χ0) is 20.9. The van der Waals surface area contributed by atoms with E-state index >= 15 is 0 Å². The predicted octanol–water partition coefficient (Wildman–Crippen LogP) is 0.962. The van der Waals surface area contributed by atoms with Gasteiger partial charge in [0.25, 0.3) is 5.91 Å². The summed E-state index contributed by atoms with van der Waals surface area (Å²) in [6, 6.07) is 15.6. The lowest BCUT2D eigenvalue weighted by Gasteiger charge is -2.28. The zero-order valence-electron chi connectivity index (χ0n) is 16.4. The molecular formula is C21H26N3O4S+. The Bertz CT molecular complexity index is 968. The van der Waals surface area contributed by atoms with Crippen molar-refractivity contribution in [3.05, 3.63) is 54.6 Å². The number of likely N-dealkylation sites (tertiary alicyclic amines) is 1. The fourth-order valence-electron chi connectivity index (χ4n) is 3.47. The molecule has 29 heavy (non-hydrogen) atoms. The molecule has 154 valence electrons. The Morgan fingerprint density at radius 1 is 0.966 bits per heavy atom. The molecule has 7 nitrogen and oxygen atoms in total. The van der Waals surface area contributed by atoms with Crippen molar-refractivity contribution in [1.82, 2.24) is 0 Å². The third-order valence-corrected chi connectivity index (χ3v) is 6.17. The van der Waals surface area contributed by atoms with E-state index in [9.17, 15) is 18.0 Å². The van der Waals surface area contributed by atoms with Crippen LogP contribution in [0.4, 0.5) is 11.4 Å². The maximum absolute atomic E-state index is 12.4. The molecule has 8 heteroatoms. The molecule has 0 unspecified atom stereocenters. The van der Waals surface area contributed by atoms with E-state index in [0.29, 0.717) is 5.69 Å². The van der Waals surface area contributed by atoms with Gasteiger partial charge < -0.3 is 15.5 Å². The molecule has 1 aliphatic heterocycles. The number of sulfone groups is 1. The van der Waals surface area contributed by atoms with Crippen molar-refractivity contribution >= 4 is 33.0 Å². The molecule has 0 bridgehead atoms. The summed E-state index contributed by atoms with van der Waals surface area (Å²) in [5.74, 6) is -0.191. The number of rotatable bonds is 6. The van der Waals surface area contributed by atoms with Crippen molar-refractivity contribution in [3.63, 3.8) is 0 Å². The number of amides is 2. The first-order valence-electron chi connectivity index (χ1n) is 9.61. The number of quaternary nitrogens is 1. The first-order chi connectivity index (χ1) is 13.8. The van der Waals surface area contributed by atoms with Crippen LogP contribution in [0, 0.1) is 5.92 Å². The summed E-state index contributed by atoms with van der Waals surface area (Å²) in [5, 5.41) is 5.71. The van der Waals surface area contributed by atoms with Crippen LogP contribution in [0.25, 0.3) is 0 Å². The van der Waals surface area contributed by atoms with Crippen molar-refractivity contribution in [1.29, 1.82) is 0 Å². The van der Waals surface area contributed by atoms with Crippen LogP contribution in [0.1, 0.15) is 12.8 Å². The minimum absolute atomic E-state index is 0.0253. The molecule has 2 amide bonds. The second kappa shape index (κ2) is 9.19. The summed E-state index contributed by atoms with van der Waals surface area (Å²) in [5.41, 5.74) is 1.26. The SMILES string of the molecule is CS(=O)(=O)c1cccc(NC(=O)C[NH+]2CCC(C(=O)Nc3ccccc3)CC2)c1. The third-order valence-electron chi connectivity index (χ3n) is 5.06. The zero-order valence-corrected chi connectivity index (χ0v) is 17.2. The van der Waals surface area contributed by atoms with E-state index in [1.165, 1.54) is 12.1 Å². The minimum Gasteiger partial charge on any atom is -0.327 e. The van der Waals surface area contributed by atoms with Gasteiger partial charge in [0, 0.05) is 36.4 Å². The maximum Gasteiger partial charge on any atom is 0.279 e. The normalized spacial score (nSPS) is 19.3. The molecule has 0 atom stereocenters. The van der Waals surface area contributed by atoms with Crippen molar-refractivity contribution in [2.75, 3.05) is 36.5 Å². The molecule has 2 aromatic carbocycles. The van der Waals surface area contributed by atoms with Crippen molar-refractivity contribution < 1.29 is 22.9 Å². The highest BCUT2D eigenvalue weighted by Crippen LogP contribution is 2.16. The second-order valence-electron chi connectivity index (χ2n) is 7.40. The Kier molecular flexibility index (Phi) is 6.66. The van der Waals surface area contributed by atoms with E-state index in [1.54, 1.807) is 12.1 Å². The van der Waals surface area contributed by atoms with Crippen LogP contribution in [0.15, 0.2) is 59.5 Å². The van der Waals surface area contributed by atoms with Crippen LogP contribution in [0.5, 0.6) is 0 Å². The van der Waals surface area contributed by atoms with Gasteiger partial charge in [-0.2, -0.15) is 0 Å². The molecule has 2 aromatic rings. The first kappa shape index (κ1) is 21.0. The van der Waals surface area contributed by atoms with Gasteiger partial charge in [-0.1, -0.05) is 24.3 Å². The summed E-state index contributed by atoms with van der Waals surface area (Å²) in [7, 11) is -3.32. The molecular weight excluding hydrogens is 390 g/mol. The second-order valence-corrected chi connectivity index (χ2v) is 9.42. The number of carbonyl (C=O) groups excluding carboxylic acids is 2. The van der Waals surface area contributed by atoms with Crippen LogP contribution >= 0.6 is 0 Å². The fraction of sp³-hybridized carbons (Fsp3) is 0.333. The molecule has 0 saturated carbocycles. The molecule has 1 fully saturated rings. The van der Waals surface area contributed by atoms with Crippen molar-refractivity contribution in [2.24, 2.45) is 5.92 Å². The van der Waals surface area contributed by atoms with Gasteiger partial charge in [-0.15, -0.1) is 0 Å². The Morgan fingerprint density at radius 2 is 1.62 bits per heavy atom. The van der Waals surface area contributed by atoms with E-state index < -0.39 is 9.84 Å². The lowest BCUT2D eigenvalue weighted by atomic mass is 9.96. The predicted molar refractivity (Wildman–Crippen MR) is 112 cm³/mol. The fourth-order valence-corrected chi connectivity index (χ4v) is 4.13. The number of benzene rings is 2. The average Bonchev–Trinajstić information content (AvgIpc) is 2.69. The molecule has 0 aromatic heterocycles. The van der Waals surface area contributed by atoms with E-state index in [4.69, 9.17) is 0 Å². The summed E-state index contributed by atoms with van der Waals surface area (Å²) < 4.78 is 23.3. The van der Waals surface area contributed by atoms with Crippen LogP contribution in [-0.4, -0.2) is 46.1 Å². The molecule has 1 aliphatic rings. The number of piperidine rings is 1. The summed E-state index contributed by atoms with van der Waals surface area (Å²) >= 11 is 0. The molecule has 1 saturated heterocycles. The van der Waals surface area contributed by atoms with Gasteiger partial charge in [0.15, 0.2) is 16.4 Å². The molecule has 0 spiro atoms. The minimum atomic E-state index is -3.32. The van der Waals surface area contributed by atoms with Gasteiger partial charge >= 0.3 is 0 Å².